The van der Waals surface area contributed by atoms with Crippen LogP contribution in [0.4, 0.5) is 17.1 Å². The predicted molar refractivity (Wildman–Crippen MR) is 154 cm³/mol. The van der Waals surface area contributed by atoms with Crippen LogP contribution >= 0.6 is 0 Å². The van der Waals surface area contributed by atoms with Crippen molar-refractivity contribution in [2.45, 2.75) is 52.0 Å². The number of amides is 1. The molecule has 3 aromatic carbocycles. The van der Waals surface area contributed by atoms with E-state index in [4.69, 9.17) is 0 Å². The van der Waals surface area contributed by atoms with Crippen LogP contribution in [0, 0.1) is 5.92 Å². The van der Waals surface area contributed by atoms with Crippen LogP contribution in [-0.4, -0.2) is 33.6 Å². The Morgan fingerprint density at radius 2 is 1.39 bits per heavy atom. The smallest absolute Gasteiger partial charge is 0.230 e. The third-order valence-corrected chi connectivity index (χ3v) is 7.37. The molecule has 0 aliphatic heterocycles. The van der Waals surface area contributed by atoms with Crippen LogP contribution in [0.15, 0.2) is 72.8 Å². The Kier molecular flexibility index (Phi) is 8.69. The average Bonchev–Trinajstić information content (AvgIpc) is 2.92. The molecule has 4 rings (SSSR count). The number of nitrogens with zero attached hydrogens (tertiary/aromatic N) is 3. The van der Waals surface area contributed by atoms with Crippen LogP contribution < -0.4 is 14.7 Å². The van der Waals surface area contributed by atoms with Gasteiger partial charge in [-0.1, -0.05) is 68.7 Å². The summed E-state index contributed by atoms with van der Waals surface area (Å²) in [7, 11) is 6.24. The molecule has 1 aliphatic carbocycles. The first-order valence-corrected chi connectivity index (χ1v) is 13.5. The largest absolute Gasteiger partial charge is 0.378 e. The molecule has 0 radical (unpaired) electrons. The molecule has 1 aliphatic rings. The molecule has 0 unspecified atom stereocenters. The molecule has 0 heterocycles. The van der Waals surface area contributed by atoms with E-state index >= 15 is 0 Å². The van der Waals surface area contributed by atoms with E-state index < -0.39 is 0 Å². The molecule has 1 fully saturated rings. The van der Waals surface area contributed by atoms with Crippen molar-refractivity contribution in [3.63, 3.8) is 0 Å². The fraction of sp³-hybridized carbons (Fsp3) is 0.406. The standard InChI is InChI=1S/C32H41N3O/c1-5-22-34(4)30-12-9-13-31(23-30)35(32(36)28-10-7-6-8-11-28)24-25-14-16-26(17-15-25)27-18-20-29(21-19-27)33(2)3/h9,12-21,23,28H,5-8,10-11,22,24H2,1-4H3. The van der Waals surface area contributed by atoms with Crippen molar-refractivity contribution in [2.24, 2.45) is 5.92 Å². The minimum absolute atomic E-state index is 0.130. The van der Waals surface area contributed by atoms with Crippen LogP contribution in [0.2, 0.25) is 0 Å². The van der Waals surface area contributed by atoms with E-state index in [2.05, 4.69) is 111 Å². The monoisotopic (exact) mass is 483 g/mol. The molecule has 1 amide bonds. The fourth-order valence-electron chi connectivity index (χ4n) is 5.17. The number of rotatable bonds is 9. The summed E-state index contributed by atoms with van der Waals surface area (Å²) in [4.78, 5) is 20.2. The molecule has 4 nitrogen and oxygen atoms in total. The van der Waals surface area contributed by atoms with Gasteiger partial charge in [-0.2, -0.15) is 0 Å². The molecule has 0 atom stereocenters. The minimum Gasteiger partial charge on any atom is -0.378 e. The number of anilines is 3. The maximum atomic E-state index is 13.8. The third-order valence-electron chi connectivity index (χ3n) is 7.37. The molecular formula is C32H41N3O. The van der Waals surface area contributed by atoms with Crippen molar-refractivity contribution in [2.75, 3.05) is 42.4 Å². The topological polar surface area (TPSA) is 26.8 Å². The zero-order chi connectivity index (χ0) is 25.5. The van der Waals surface area contributed by atoms with Gasteiger partial charge in [0.1, 0.15) is 0 Å². The number of hydrogen-bond acceptors (Lipinski definition) is 3. The molecule has 0 N–H and O–H groups in total. The number of benzene rings is 3. The van der Waals surface area contributed by atoms with E-state index in [1.165, 1.54) is 23.2 Å². The zero-order valence-corrected chi connectivity index (χ0v) is 22.4. The summed E-state index contributed by atoms with van der Waals surface area (Å²) >= 11 is 0. The van der Waals surface area contributed by atoms with E-state index in [9.17, 15) is 4.79 Å². The maximum Gasteiger partial charge on any atom is 0.230 e. The van der Waals surface area contributed by atoms with E-state index in [1.54, 1.807) is 0 Å². The van der Waals surface area contributed by atoms with E-state index in [0.29, 0.717) is 6.54 Å². The van der Waals surface area contributed by atoms with Crippen molar-refractivity contribution < 1.29 is 4.79 Å². The lowest BCUT2D eigenvalue weighted by atomic mass is 9.88. The van der Waals surface area contributed by atoms with Gasteiger partial charge in [0.2, 0.25) is 5.91 Å². The van der Waals surface area contributed by atoms with Crippen LogP contribution in [0.5, 0.6) is 0 Å². The molecule has 3 aromatic rings. The summed E-state index contributed by atoms with van der Waals surface area (Å²) in [5.41, 5.74) is 6.90. The first kappa shape index (κ1) is 25.8. The Labute approximate surface area is 217 Å². The van der Waals surface area contributed by atoms with Gasteiger partial charge in [-0.3, -0.25) is 4.79 Å². The van der Waals surface area contributed by atoms with Gasteiger partial charge in [0.05, 0.1) is 6.54 Å². The Bertz CT molecular complexity index is 1110. The van der Waals surface area contributed by atoms with Crippen LogP contribution in [0.25, 0.3) is 11.1 Å². The zero-order valence-electron chi connectivity index (χ0n) is 22.4. The van der Waals surface area contributed by atoms with Gasteiger partial charge in [-0.25, -0.2) is 0 Å². The summed E-state index contributed by atoms with van der Waals surface area (Å²) < 4.78 is 0. The Morgan fingerprint density at radius 1 is 0.778 bits per heavy atom. The SMILES string of the molecule is CCCN(C)c1cccc(N(Cc2ccc(-c3ccc(N(C)C)cc3)cc2)C(=O)C2CCCCC2)c1. The summed E-state index contributed by atoms with van der Waals surface area (Å²) in [6, 6.07) is 25.8. The normalized spacial score (nSPS) is 13.9. The van der Waals surface area contributed by atoms with Crippen LogP contribution in [-0.2, 0) is 11.3 Å². The number of carbonyl (C=O) groups is 1. The minimum atomic E-state index is 0.130. The van der Waals surface area contributed by atoms with E-state index in [-0.39, 0.29) is 11.8 Å². The quantitative estimate of drug-likeness (QED) is 0.318. The number of carbonyl (C=O) groups excluding carboxylic acids is 1. The average molecular weight is 484 g/mol. The van der Waals surface area contributed by atoms with E-state index in [0.717, 1.165) is 55.6 Å². The molecular weight excluding hydrogens is 442 g/mol. The first-order valence-electron chi connectivity index (χ1n) is 13.5. The van der Waals surface area contributed by atoms with Crippen molar-refractivity contribution >= 4 is 23.0 Å². The van der Waals surface area contributed by atoms with Crippen molar-refractivity contribution in [3.05, 3.63) is 78.4 Å². The lowest BCUT2D eigenvalue weighted by molar-refractivity contribution is -0.123. The summed E-state index contributed by atoms with van der Waals surface area (Å²) in [5, 5.41) is 0. The molecule has 1 saturated carbocycles. The van der Waals surface area contributed by atoms with Crippen molar-refractivity contribution in [1.29, 1.82) is 0 Å². The Hall–Kier alpha value is -3.27. The second-order valence-corrected chi connectivity index (χ2v) is 10.3. The Morgan fingerprint density at radius 3 is 2.00 bits per heavy atom. The molecule has 0 aromatic heterocycles. The van der Waals surface area contributed by atoms with Crippen molar-refractivity contribution in [1.82, 2.24) is 0 Å². The maximum absolute atomic E-state index is 13.8. The fourth-order valence-corrected chi connectivity index (χ4v) is 5.17. The van der Waals surface area contributed by atoms with Crippen molar-refractivity contribution in [3.8, 4) is 11.1 Å². The lowest BCUT2D eigenvalue weighted by Gasteiger charge is -2.30. The van der Waals surface area contributed by atoms with Gasteiger partial charge >= 0.3 is 0 Å². The van der Waals surface area contributed by atoms with E-state index in [1.807, 2.05) is 4.90 Å². The molecule has 0 bridgehead atoms. The van der Waals surface area contributed by atoms with Crippen LogP contribution in [0.1, 0.15) is 51.0 Å². The van der Waals surface area contributed by atoms with Crippen LogP contribution in [0.3, 0.4) is 0 Å². The highest BCUT2D eigenvalue weighted by Crippen LogP contribution is 2.31. The summed E-state index contributed by atoms with van der Waals surface area (Å²) in [6.07, 6.45) is 6.67. The Balaban J connectivity index is 1.58. The summed E-state index contributed by atoms with van der Waals surface area (Å²) in [5.74, 6) is 0.401. The molecule has 4 heteroatoms. The second-order valence-electron chi connectivity index (χ2n) is 10.3. The highest BCUT2D eigenvalue weighted by atomic mass is 16.2. The summed E-state index contributed by atoms with van der Waals surface area (Å²) in [6.45, 7) is 3.78. The third kappa shape index (κ3) is 6.29. The highest BCUT2D eigenvalue weighted by Gasteiger charge is 2.27. The van der Waals surface area contributed by atoms with Gasteiger partial charge in [-0.15, -0.1) is 0 Å². The van der Waals surface area contributed by atoms with Gasteiger partial charge in [0.25, 0.3) is 0 Å². The van der Waals surface area contributed by atoms with Gasteiger partial charge in [-0.05, 0) is 66.3 Å². The highest BCUT2D eigenvalue weighted by molar-refractivity contribution is 5.95. The van der Waals surface area contributed by atoms with Gasteiger partial charge < -0.3 is 14.7 Å². The lowest BCUT2D eigenvalue weighted by Crippen LogP contribution is -2.36. The first-order chi connectivity index (χ1) is 17.5. The van der Waals surface area contributed by atoms with Gasteiger partial charge in [0.15, 0.2) is 0 Å². The molecule has 190 valence electrons. The second kappa shape index (κ2) is 12.1. The van der Waals surface area contributed by atoms with Gasteiger partial charge in [0, 0.05) is 50.7 Å². The molecule has 0 spiro atoms. The molecule has 0 saturated heterocycles. The number of hydrogen-bond donors (Lipinski definition) is 0. The predicted octanol–water partition coefficient (Wildman–Crippen LogP) is 7.38. The molecule has 36 heavy (non-hydrogen) atoms.